The van der Waals surface area contributed by atoms with Gasteiger partial charge in [-0.25, -0.2) is 4.98 Å². The van der Waals surface area contributed by atoms with E-state index in [1.54, 1.807) is 0 Å². The molecule has 0 fully saturated rings. The first-order valence-corrected chi connectivity index (χ1v) is 7.03. The van der Waals surface area contributed by atoms with Crippen molar-refractivity contribution >= 4 is 32.6 Å². The smallest absolute Gasteiger partial charge is 0.202 e. The molecule has 17 heavy (non-hydrogen) atoms. The number of hydrogen-bond acceptors (Lipinski definition) is 4. The number of halogens is 1. The zero-order valence-corrected chi connectivity index (χ0v) is 12.2. The molecule has 0 aliphatic heterocycles. The molecule has 5 heteroatoms. The predicted octanol–water partition coefficient (Wildman–Crippen LogP) is 3.71. The van der Waals surface area contributed by atoms with Crippen LogP contribution in [-0.4, -0.2) is 15.4 Å². The molecule has 1 N–H and O–H groups in total. The van der Waals surface area contributed by atoms with Crippen LogP contribution in [-0.2, 0) is 6.42 Å². The highest BCUT2D eigenvalue weighted by Crippen LogP contribution is 2.17. The maximum atomic E-state index is 4.46. The molecule has 0 radical (unpaired) electrons. The van der Waals surface area contributed by atoms with Crippen LogP contribution in [0.4, 0.5) is 5.13 Å². The highest BCUT2D eigenvalue weighted by atomic mass is 79.9. The summed E-state index contributed by atoms with van der Waals surface area (Å²) >= 11 is 4.88. The molecule has 0 atom stereocenters. The van der Waals surface area contributed by atoms with Crippen molar-refractivity contribution in [2.45, 2.75) is 26.3 Å². The third kappa shape index (κ3) is 3.78. The molecule has 1 aromatic heterocycles. The minimum absolute atomic E-state index is 0.390. The molecule has 0 saturated heterocycles. The Morgan fingerprint density at radius 3 is 2.94 bits per heavy atom. The van der Waals surface area contributed by atoms with Crippen LogP contribution in [0.2, 0.25) is 0 Å². The summed E-state index contributed by atoms with van der Waals surface area (Å²) in [4.78, 5) is 4.46. The molecule has 2 rings (SSSR count). The SMILES string of the molecule is CC(C)Nc1nc(Cc2cccc(Br)c2)ns1. The lowest BCUT2D eigenvalue weighted by atomic mass is 10.1. The maximum absolute atomic E-state index is 4.46. The molecule has 0 aliphatic carbocycles. The van der Waals surface area contributed by atoms with Gasteiger partial charge in [0.1, 0.15) is 5.82 Å². The highest BCUT2D eigenvalue weighted by molar-refractivity contribution is 9.10. The first-order valence-electron chi connectivity index (χ1n) is 5.47. The second-order valence-electron chi connectivity index (χ2n) is 4.12. The number of benzene rings is 1. The standard InChI is InChI=1S/C12H14BrN3S/c1-8(2)14-12-15-11(16-17-12)7-9-4-3-5-10(13)6-9/h3-6,8H,7H2,1-2H3,(H,14,15,16). The van der Waals surface area contributed by atoms with Gasteiger partial charge in [-0.2, -0.15) is 4.37 Å². The molecule has 0 spiro atoms. The van der Waals surface area contributed by atoms with Crippen LogP contribution >= 0.6 is 27.5 Å². The Kier molecular flexibility index (Phi) is 4.12. The summed E-state index contributed by atoms with van der Waals surface area (Å²) in [6.07, 6.45) is 0.774. The lowest BCUT2D eigenvalue weighted by Crippen LogP contribution is -2.09. The van der Waals surface area contributed by atoms with E-state index in [2.05, 4.69) is 56.6 Å². The third-order valence-corrected chi connectivity index (χ3v) is 3.31. The van der Waals surface area contributed by atoms with Crippen molar-refractivity contribution < 1.29 is 0 Å². The van der Waals surface area contributed by atoms with Crippen molar-refractivity contribution in [3.05, 3.63) is 40.1 Å². The molecule has 3 nitrogen and oxygen atoms in total. The summed E-state index contributed by atoms with van der Waals surface area (Å²) in [5.74, 6) is 0.872. The van der Waals surface area contributed by atoms with Gasteiger partial charge in [0, 0.05) is 28.5 Å². The van der Waals surface area contributed by atoms with E-state index in [1.165, 1.54) is 17.1 Å². The minimum Gasteiger partial charge on any atom is -0.358 e. The molecule has 0 aliphatic rings. The van der Waals surface area contributed by atoms with Crippen molar-refractivity contribution in [1.29, 1.82) is 0 Å². The van der Waals surface area contributed by atoms with Crippen molar-refractivity contribution in [3.8, 4) is 0 Å². The summed E-state index contributed by atoms with van der Waals surface area (Å²) in [7, 11) is 0. The number of anilines is 1. The van der Waals surface area contributed by atoms with E-state index in [1.807, 2.05) is 12.1 Å². The van der Waals surface area contributed by atoms with Crippen LogP contribution in [0, 0.1) is 0 Å². The van der Waals surface area contributed by atoms with Crippen molar-refractivity contribution in [2.24, 2.45) is 0 Å². The van der Waals surface area contributed by atoms with Gasteiger partial charge in [-0.15, -0.1) is 0 Å². The van der Waals surface area contributed by atoms with Crippen molar-refractivity contribution in [2.75, 3.05) is 5.32 Å². The van der Waals surface area contributed by atoms with E-state index in [9.17, 15) is 0 Å². The molecule has 0 bridgehead atoms. The van der Waals surface area contributed by atoms with Gasteiger partial charge in [0.05, 0.1) is 0 Å². The molecule has 90 valence electrons. The van der Waals surface area contributed by atoms with Crippen LogP contribution in [0.1, 0.15) is 25.2 Å². The van der Waals surface area contributed by atoms with Crippen LogP contribution in [0.25, 0.3) is 0 Å². The van der Waals surface area contributed by atoms with Gasteiger partial charge in [-0.1, -0.05) is 28.1 Å². The number of hydrogen-bond donors (Lipinski definition) is 1. The topological polar surface area (TPSA) is 37.8 Å². The molecule has 2 aromatic rings. The van der Waals surface area contributed by atoms with Gasteiger partial charge in [0.25, 0.3) is 0 Å². The summed E-state index contributed by atoms with van der Waals surface area (Å²) < 4.78 is 5.44. The Bertz CT molecular complexity index is 496. The quantitative estimate of drug-likeness (QED) is 0.935. The van der Waals surface area contributed by atoms with E-state index < -0.39 is 0 Å². The molecular formula is C12H14BrN3S. The molecule has 0 unspecified atom stereocenters. The number of rotatable bonds is 4. The Labute approximate surface area is 114 Å². The summed E-state index contributed by atoms with van der Waals surface area (Å²) in [6, 6.07) is 8.61. The third-order valence-electron chi connectivity index (χ3n) is 2.13. The fourth-order valence-corrected chi connectivity index (χ4v) is 2.64. The minimum atomic E-state index is 0.390. The van der Waals surface area contributed by atoms with Gasteiger partial charge < -0.3 is 5.32 Å². The van der Waals surface area contributed by atoms with E-state index >= 15 is 0 Å². The van der Waals surface area contributed by atoms with Gasteiger partial charge in [-0.05, 0) is 31.5 Å². The molecule has 0 amide bonds. The summed E-state index contributed by atoms with van der Waals surface area (Å²) in [5.41, 5.74) is 1.22. The first kappa shape index (κ1) is 12.5. The fraction of sp³-hybridized carbons (Fsp3) is 0.333. The maximum Gasteiger partial charge on any atom is 0.202 e. The van der Waals surface area contributed by atoms with E-state index in [4.69, 9.17) is 0 Å². The predicted molar refractivity (Wildman–Crippen MR) is 75.6 cm³/mol. The molecule has 0 saturated carbocycles. The average Bonchev–Trinajstić information content (AvgIpc) is 2.64. The Balaban J connectivity index is 2.06. The zero-order valence-electron chi connectivity index (χ0n) is 9.77. The normalized spacial score (nSPS) is 10.8. The van der Waals surface area contributed by atoms with Crippen LogP contribution in [0.15, 0.2) is 28.7 Å². The number of aromatic nitrogens is 2. The zero-order chi connectivity index (χ0) is 12.3. The molecular weight excluding hydrogens is 298 g/mol. The lowest BCUT2D eigenvalue weighted by Gasteiger charge is -2.03. The van der Waals surface area contributed by atoms with Crippen LogP contribution in [0.3, 0.4) is 0 Å². The van der Waals surface area contributed by atoms with Gasteiger partial charge in [0.15, 0.2) is 0 Å². The van der Waals surface area contributed by atoms with Gasteiger partial charge in [0.2, 0.25) is 5.13 Å². The molecule has 1 heterocycles. The fourth-order valence-electron chi connectivity index (χ4n) is 1.46. The second kappa shape index (κ2) is 5.60. The highest BCUT2D eigenvalue weighted by Gasteiger charge is 2.06. The largest absolute Gasteiger partial charge is 0.358 e. The number of nitrogens with one attached hydrogen (secondary N) is 1. The van der Waals surface area contributed by atoms with Crippen LogP contribution in [0.5, 0.6) is 0 Å². The summed E-state index contributed by atoms with van der Waals surface area (Å²) in [5, 5.41) is 4.15. The van der Waals surface area contributed by atoms with Crippen molar-refractivity contribution in [1.82, 2.24) is 9.36 Å². The van der Waals surface area contributed by atoms with E-state index in [0.29, 0.717) is 6.04 Å². The van der Waals surface area contributed by atoms with Gasteiger partial charge in [-0.3, -0.25) is 0 Å². The second-order valence-corrected chi connectivity index (χ2v) is 5.79. The monoisotopic (exact) mass is 311 g/mol. The lowest BCUT2D eigenvalue weighted by molar-refractivity contribution is 0.892. The Hall–Kier alpha value is -0.940. The van der Waals surface area contributed by atoms with Gasteiger partial charge >= 0.3 is 0 Å². The van der Waals surface area contributed by atoms with E-state index in [-0.39, 0.29) is 0 Å². The Morgan fingerprint density at radius 1 is 1.41 bits per heavy atom. The first-order chi connectivity index (χ1) is 8.13. The summed E-state index contributed by atoms with van der Waals surface area (Å²) in [6.45, 7) is 4.19. The van der Waals surface area contributed by atoms with Crippen LogP contribution < -0.4 is 5.32 Å². The average molecular weight is 312 g/mol. The Morgan fingerprint density at radius 2 is 2.24 bits per heavy atom. The number of nitrogens with zero attached hydrogens (tertiary/aromatic N) is 2. The van der Waals surface area contributed by atoms with Crippen molar-refractivity contribution in [3.63, 3.8) is 0 Å². The van der Waals surface area contributed by atoms with E-state index in [0.717, 1.165) is 21.8 Å². The molecule has 1 aromatic carbocycles.